The van der Waals surface area contributed by atoms with Crippen LogP contribution in [0.1, 0.15) is 58.3 Å². The summed E-state index contributed by atoms with van der Waals surface area (Å²) >= 11 is 0. The number of halogens is 1. The van der Waals surface area contributed by atoms with Crippen molar-refractivity contribution in [1.82, 2.24) is 10.6 Å². The summed E-state index contributed by atoms with van der Waals surface area (Å²) in [7, 11) is -2.83. The molecule has 3 fully saturated rings. The van der Waals surface area contributed by atoms with E-state index in [1.54, 1.807) is 0 Å². The van der Waals surface area contributed by atoms with Crippen molar-refractivity contribution >= 4 is 39.8 Å². The summed E-state index contributed by atoms with van der Waals surface area (Å²) in [6.45, 7) is 4.28. The molecule has 0 amide bonds. The van der Waals surface area contributed by atoms with Crippen LogP contribution in [0.15, 0.2) is 4.99 Å². The highest BCUT2D eigenvalue weighted by molar-refractivity contribution is 14.0. The molecule has 1 aliphatic carbocycles. The Hall–Kier alpha value is -0.0900. The van der Waals surface area contributed by atoms with E-state index in [0.29, 0.717) is 30.6 Å². The second-order valence-electron chi connectivity index (χ2n) is 8.20. The standard InChI is InChI=1S/C18H33N3O3S.HI/c1-18(9-5-10-24-18)14-20-17(21-16-6-3-2-4-7-16)19-12-15-8-11-25(22,23)13-15;/h15-16H,2-14H2,1H3,(H2,19,20,21);1H. The summed E-state index contributed by atoms with van der Waals surface area (Å²) in [6, 6.07) is 0.476. The van der Waals surface area contributed by atoms with Crippen LogP contribution in [-0.4, -0.2) is 57.2 Å². The van der Waals surface area contributed by atoms with E-state index < -0.39 is 9.84 Å². The van der Waals surface area contributed by atoms with Gasteiger partial charge in [-0.1, -0.05) is 19.3 Å². The van der Waals surface area contributed by atoms with Crippen molar-refractivity contribution in [3.8, 4) is 0 Å². The van der Waals surface area contributed by atoms with Gasteiger partial charge in [-0.2, -0.15) is 0 Å². The van der Waals surface area contributed by atoms with Gasteiger partial charge in [-0.05, 0) is 44.9 Å². The average Bonchev–Trinajstić information content (AvgIpc) is 3.17. The third-order valence-corrected chi connectivity index (χ3v) is 7.54. The van der Waals surface area contributed by atoms with Gasteiger partial charge in [0.1, 0.15) is 0 Å². The fraction of sp³-hybridized carbons (Fsp3) is 0.944. The summed E-state index contributed by atoms with van der Waals surface area (Å²) in [4.78, 5) is 4.79. The van der Waals surface area contributed by atoms with Gasteiger partial charge in [0.25, 0.3) is 0 Å². The van der Waals surface area contributed by atoms with Crippen molar-refractivity contribution in [2.24, 2.45) is 10.9 Å². The maximum atomic E-state index is 11.7. The molecule has 1 saturated carbocycles. The molecule has 0 aromatic rings. The lowest BCUT2D eigenvalue weighted by Crippen LogP contribution is -2.46. The Morgan fingerprint density at radius 2 is 1.96 bits per heavy atom. The van der Waals surface area contributed by atoms with Crippen molar-refractivity contribution < 1.29 is 13.2 Å². The number of ether oxygens (including phenoxy) is 1. The second-order valence-corrected chi connectivity index (χ2v) is 10.4. The van der Waals surface area contributed by atoms with Crippen LogP contribution in [0.25, 0.3) is 0 Å². The van der Waals surface area contributed by atoms with E-state index in [9.17, 15) is 8.42 Å². The van der Waals surface area contributed by atoms with Gasteiger partial charge in [-0.15, -0.1) is 24.0 Å². The number of nitrogens with one attached hydrogen (secondary N) is 2. The van der Waals surface area contributed by atoms with Gasteiger partial charge in [0, 0.05) is 19.2 Å². The van der Waals surface area contributed by atoms with E-state index in [4.69, 9.17) is 9.73 Å². The summed E-state index contributed by atoms with van der Waals surface area (Å²) in [5.74, 6) is 1.65. The molecule has 2 heterocycles. The molecule has 2 N–H and O–H groups in total. The average molecular weight is 499 g/mol. The molecule has 3 aliphatic rings. The topological polar surface area (TPSA) is 79.8 Å². The number of rotatable bonds is 5. The largest absolute Gasteiger partial charge is 0.373 e. The molecule has 0 aromatic heterocycles. The smallest absolute Gasteiger partial charge is 0.191 e. The Morgan fingerprint density at radius 1 is 1.19 bits per heavy atom. The zero-order valence-corrected chi connectivity index (χ0v) is 19.0. The maximum absolute atomic E-state index is 11.7. The Kier molecular flexibility index (Phi) is 8.46. The van der Waals surface area contributed by atoms with Gasteiger partial charge < -0.3 is 15.4 Å². The highest BCUT2D eigenvalue weighted by Gasteiger charge is 2.30. The molecule has 152 valence electrons. The zero-order valence-electron chi connectivity index (χ0n) is 15.8. The Morgan fingerprint density at radius 3 is 2.58 bits per heavy atom. The minimum Gasteiger partial charge on any atom is -0.373 e. The lowest BCUT2D eigenvalue weighted by atomic mass is 9.96. The Labute approximate surface area is 175 Å². The number of nitrogens with zero attached hydrogens (tertiary/aromatic N) is 1. The predicted octanol–water partition coefficient (Wildman–Crippen LogP) is 2.48. The number of guanidine groups is 1. The summed E-state index contributed by atoms with van der Waals surface area (Å²) in [6.07, 6.45) is 9.15. The molecule has 2 aliphatic heterocycles. The molecule has 0 radical (unpaired) electrons. The summed E-state index contributed by atoms with van der Waals surface area (Å²) in [5.41, 5.74) is -0.155. The maximum Gasteiger partial charge on any atom is 0.191 e. The van der Waals surface area contributed by atoms with E-state index in [0.717, 1.165) is 31.8 Å². The normalized spacial score (nSPS) is 32.2. The molecule has 0 bridgehead atoms. The number of aliphatic imine (C=N–C) groups is 1. The van der Waals surface area contributed by atoms with Gasteiger partial charge in [0.15, 0.2) is 15.8 Å². The monoisotopic (exact) mass is 499 g/mol. The van der Waals surface area contributed by atoms with E-state index >= 15 is 0 Å². The third-order valence-electron chi connectivity index (χ3n) is 5.70. The molecule has 8 heteroatoms. The van der Waals surface area contributed by atoms with Crippen molar-refractivity contribution in [2.45, 2.75) is 69.9 Å². The second kappa shape index (κ2) is 9.91. The van der Waals surface area contributed by atoms with Crippen LogP contribution in [0.3, 0.4) is 0 Å². The van der Waals surface area contributed by atoms with Crippen molar-refractivity contribution in [3.05, 3.63) is 0 Å². The first-order valence-corrected chi connectivity index (χ1v) is 11.7. The van der Waals surface area contributed by atoms with Gasteiger partial charge in [0.2, 0.25) is 0 Å². The third kappa shape index (κ3) is 6.82. The van der Waals surface area contributed by atoms with E-state index in [-0.39, 0.29) is 35.5 Å². The molecule has 2 unspecified atom stereocenters. The molecule has 0 aromatic carbocycles. The molecule has 0 spiro atoms. The lowest BCUT2D eigenvalue weighted by Gasteiger charge is -2.27. The minimum atomic E-state index is -2.83. The predicted molar refractivity (Wildman–Crippen MR) is 116 cm³/mol. The molecule has 6 nitrogen and oxygen atoms in total. The summed E-state index contributed by atoms with van der Waals surface area (Å²) in [5, 5.41) is 6.98. The fourth-order valence-electron chi connectivity index (χ4n) is 4.07. The fourth-order valence-corrected chi connectivity index (χ4v) is 5.94. The Balaban J connectivity index is 0.00000243. The van der Waals surface area contributed by atoms with E-state index in [1.807, 2.05) is 0 Å². The first kappa shape index (κ1) is 22.2. The highest BCUT2D eigenvalue weighted by Crippen LogP contribution is 2.25. The quantitative estimate of drug-likeness (QED) is 0.345. The van der Waals surface area contributed by atoms with Crippen molar-refractivity contribution in [3.63, 3.8) is 0 Å². The SMILES string of the molecule is CC1(CN=C(NCC2CCS(=O)(=O)C2)NC2CCCCC2)CCCO1.I. The van der Waals surface area contributed by atoms with Crippen LogP contribution < -0.4 is 10.6 Å². The first-order valence-electron chi connectivity index (χ1n) is 9.83. The van der Waals surface area contributed by atoms with Crippen molar-refractivity contribution in [2.75, 3.05) is 31.2 Å². The van der Waals surface area contributed by atoms with E-state index in [2.05, 4.69) is 17.6 Å². The number of sulfone groups is 1. The van der Waals surface area contributed by atoms with Crippen LogP contribution in [0.2, 0.25) is 0 Å². The lowest BCUT2D eigenvalue weighted by molar-refractivity contribution is 0.0283. The molecule has 26 heavy (non-hydrogen) atoms. The van der Waals surface area contributed by atoms with Gasteiger partial charge >= 0.3 is 0 Å². The summed E-state index contributed by atoms with van der Waals surface area (Å²) < 4.78 is 29.2. The van der Waals surface area contributed by atoms with Crippen LogP contribution >= 0.6 is 24.0 Å². The minimum absolute atomic E-state index is 0. The van der Waals surface area contributed by atoms with Crippen LogP contribution in [0.5, 0.6) is 0 Å². The van der Waals surface area contributed by atoms with Gasteiger partial charge in [0.05, 0.1) is 23.7 Å². The van der Waals surface area contributed by atoms with E-state index in [1.165, 1.54) is 32.1 Å². The number of hydrogen-bond acceptors (Lipinski definition) is 4. The van der Waals surface area contributed by atoms with Gasteiger partial charge in [-0.3, -0.25) is 4.99 Å². The van der Waals surface area contributed by atoms with Gasteiger partial charge in [-0.25, -0.2) is 8.42 Å². The molecule has 2 atom stereocenters. The molecule has 3 rings (SSSR count). The molecular weight excluding hydrogens is 465 g/mol. The van der Waals surface area contributed by atoms with Crippen LogP contribution in [0, 0.1) is 5.92 Å². The van der Waals surface area contributed by atoms with Crippen LogP contribution in [-0.2, 0) is 14.6 Å². The molecule has 2 saturated heterocycles. The zero-order chi connectivity index (χ0) is 17.8. The Bertz CT molecular complexity index is 570. The number of hydrogen-bond donors (Lipinski definition) is 2. The molecular formula is C18H34IN3O3S. The van der Waals surface area contributed by atoms with Crippen molar-refractivity contribution in [1.29, 1.82) is 0 Å². The van der Waals surface area contributed by atoms with Crippen LogP contribution in [0.4, 0.5) is 0 Å². The highest BCUT2D eigenvalue weighted by atomic mass is 127. The first-order chi connectivity index (χ1) is 11.9.